The van der Waals surface area contributed by atoms with Gasteiger partial charge in [0.15, 0.2) is 0 Å². The van der Waals surface area contributed by atoms with E-state index in [1.165, 1.54) is 0 Å². The zero-order chi connectivity index (χ0) is 21.1. The number of hydrogen-bond donors (Lipinski definition) is 4. The number of alkyl carbamates (subject to hydrolysis) is 1. The second kappa shape index (κ2) is 11.3. The molecular weight excluding hydrogens is 374 g/mol. The molecule has 0 aliphatic rings. The molecule has 154 valence electrons. The van der Waals surface area contributed by atoms with Crippen LogP contribution in [0.5, 0.6) is 0 Å². The van der Waals surface area contributed by atoms with Gasteiger partial charge in [-0.3, -0.25) is 4.79 Å². The molecule has 0 aromatic heterocycles. The van der Waals surface area contributed by atoms with Crippen LogP contribution in [0.4, 0.5) is 10.5 Å². The highest BCUT2D eigenvalue weighted by molar-refractivity contribution is 5.99. The molecule has 0 fully saturated rings. The minimum atomic E-state index is -1.14. The first-order chi connectivity index (χ1) is 14.0. The van der Waals surface area contributed by atoms with Gasteiger partial charge in [0, 0.05) is 12.2 Å². The van der Waals surface area contributed by atoms with Crippen LogP contribution in [0.2, 0.25) is 0 Å². The van der Waals surface area contributed by atoms with Crippen LogP contribution in [0.25, 0.3) is 0 Å². The number of amides is 2. The van der Waals surface area contributed by atoms with E-state index >= 15 is 0 Å². The monoisotopic (exact) mass is 399 g/mol. The molecule has 0 spiro atoms. The van der Waals surface area contributed by atoms with Crippen molar-refractivity contribution < 1.29 is 24.2 Å². The van der Waals surface area contributed by atoms with Crippen LogP contribution >= 0.6 is 0 Å². The van der Waals surface area contributed by atoms with Crippen molar-refractivity contribution in [2.75, 3.05) is 12.3 Å². The first kappa shape index (κ1) is 21.7. The van der Waals surface area contributed by atoms with Crippen molar-refractivity contribution in [3.8, 4) is 0 Å². The second-order valence-electron chi connectivity index (χ2n) is 6.44. The third-order valence-corrected chi connectivity index (χ3v) is 4.21. The van der Waals surface area contributed by atoms with E-state index in [4.69, 9.17) is 10.5 Å². The SMILES string of the molecule is Nc1ccccc1C(=O)NCCCC[C@H](NC(=O)OCc1ccccc1)C(=O)O. The van der Waals surface area contributed by atoms with Crippen molar-refractivity contribution in [1.29, 1.82) is 0 Å². The van der Waals surface area contributed by atoms with Crippen molar-refractivity contribution in [3.63, 3.8) is 0 Å². The van der Waals surface area contributed by atoms with Crippen LogP contribution in [0, 0.1) is 0 Å². The maximum absolute atomic E-state index is 12.0. The molecule has 0 aliphatic heterocycles. The van der Waals surface area contributed by atoms with Crippen LogP contribution < -0.4 is 16.4 Å². The molecule has 0 heterocycles. The number of ether oxygens (including phenoxy) is 1. The van der Waals surface area contributed by atoms with E-state index in [9.17, 15) is 19.5 Å². The van der Waals surface area contributed by atoms with Crippen molar-refractivity contribution >= 4 is 23.7 Å². The summed E-state index contributed by atoms with van der Waals surface area (Å²) in [6.45, 7) is 0.436. The number of carboxylic acids is 1. The van der Waals surface area contributed by atoms with Crippen molar-refractivity contribution in [2.24, 2.45) is 0 Å². The first-order valence-electron chi connectivity index (χ1n) is 9.30. The van der Waals surface area contributed by atoms with Gasteiger partial charge in [0.05, 0.1) is 5.56 Å². The molecule has 8 nitrogen and oxygen atoms in total. The Labute approximate surface area is 169 Å². The van der Waals surface area contributed by atoms with Crippen LogP contribution in [0.15, 0.2) is 54.6 Å². The van der Waals surface area contributed by atoms with Gasteiger partial charge in [-0.1, -0.05) is 42.5 Å². The second-order valence-corrected chi connectivity index (χ2v) is 6.44. The fourth-order valence-corrected chi connectivity index (χ4v) is 2.64. The fraction of sp³-hybridized carbons (Fsp3) is 0.286. The van der Waals surface area contributed by atoms with Gasteiger partial charge in [-0.2, -0.15) is 0 Å². The van der Waals surface area contributed by atoms with Gasteiger partial charge in [0.25, 0.3) is 5.91 Å². The molecule has 0 radical (unpaired) electrons. The summed E-state index contributed by atoms with van der Waals surface area (Å²) in [5.41, 5.74) is 7.36. The lowest BCUT2D eigenvalue weighted by Gasteiger charge is -2.15. The highest BCUT2D eigenvalue weighted by atomic mass is 16.5. The molecule has 8 heteroatoms. The maximum Gasteiger partial charge on any atom is 0.408 e. The Kier molecular flexibility index (Phi) is 8.50. The summed E-state index contributed by atoms with van der Waals surface area (Å²) < 4.78 is 5.05. The van der Waals surface area contributed by atoms with Crippen molar-refractivity contribution in [1.82, 2.24) is 10.6 Å². The number of carboxylic acid groups (broad SMARTS) is 1. The zero-order valence-electron chi connectivity index (χ0n) is 16.0. The predicted octanol–water partition coefficient (Wildman–Crippen LogP) is 2.55. The molecule has 5 N–H and O–H groups in total. The number of anilines is 1. The molecule has 1 atom stereocenters. The quantitative estimate of drug-likeness (QED) is 0.359. The van der Waals surface area contributed by atoms with E-state index in [0.29, 0.717) is 30.6 Å². The number of rotatable bonds is 10. The number of aliphatic carboxylic acids is 1. The van der Waals surface area contributed by atoms with Crippen LogP contribution in [0.1, 0.15) is 35.2 Å². The normalized spacial score (nSPS) is 11.3. The topological polar surface area (TPSA) is 131 Å². The number of unbranched alkanes of at least 4 members (excludes halogenated alkanes) is 1. The number of para-hydroxylation sites is 1. The number of hydrogen-bond acceptors (Lipinski definition) is 5. The lowest BCUT2D eigenvalue weighted by molar-refractivity contribution is -0.139. The number of nitrogen functional groups attached to an aromatic ring is 1. The Bertz CT molecular complexity index is 826. The predicted molar refractivity (Wildman–Crippen MR) is 108 cm³/mol. The Balaban J connectivity index is 1.68. The lowest BCUT2D eigenvalue weighted by atomic mass is 10.1. The summed E-state index contributed by atoms with van der Waals surface area (Å²) >= 11 is 0. The van der Waals surface area contributed by atoms with Crippen molar-refractivity contribution in [2.45, 2.75) is 31.9 Å². The Hall–Kier alpha value is -3.55. The van der Waals surface area contributed by atoms with Gasteiger partial charge in [-0.15, -0.1) is 0 Å². The highest BCUT2D eigenvalue weighted by Gasteiger charge is 2.20. The summed E-state index contributed by atoms with van der Waals surface area (Å²) in [7, 11) is 0. The third kappa shape index (κ3) is 7.53. The van der Waals surface area contributed by atoms with Gasteiger partial charge in [-0.25, -0.2) is 9.59 Å². The molecule has 0 bridgehead atoms. The van der Waals surface area contributed by atoms with Gasteiger partial charge in [0.1, 0.15) is 12.6 Å². The molecule has 29 heavy (non-hydrogen) atoms. The largest absolute Gasteiger partial charge is 0.480 e. The molecule has 0 saturated heterocycles. The molecule has 0 unspecified atom stereocenters. The molecule has 2 aromatic rings. The number of benzene rings is 2. The van der Waals surface area contributed by atoms with Gasteiger partial charge >= 0.3 is 12.1 Å². The standard InChI is InChI=1S/C21H25N3O5/c22-17-11-5-4-10-16(17)19(25)23-13-7-6-12-18(20(26)27)24-21(28)29-14-15-8-2-1-3-9-15/h1-5,8-11,18H,6-7,12-14,22H2,(H,23,25)(H,24,28)(H,26,27)/t18-/m0/s1. The van der Waals surface area contributed by atoms with Gasteiger partial charge in [0.2, 0.25) is 0 Å². The zero-order valence-corrected chi connectivity index (χ0v) is 16.0. The summed E-state index contributed by atoms with van der Waals surface area (Å²) in [6, 6.07) is 14.8. The van der Waals surface area contributed by atoms with Crippen LogP contribution in [-0.2, 0) is 16.1 Å². The highest BCUT2D eigenvalue weighted by Crippen LogP contribution is 2.10. The smallest absolute Gasteiger partial charge is 0.408 e. The average molecular weight is 399 g/mol. The van der Waals surface area contributed by atoms with Gasteiger partial charge in [-0.05, 0) is 37.0 Å². The van der Waals surface area contributed by atoms with E-state index < -0.39 is 18.1 Å². The van der Waals surface area contributed by atoms with E-state index in [-0.39, 0.29) is 18.9 Å². The maximum atomic E-state index is 12.0. The van der Waals surface area contributed by atoms with E-state index in [1.54, 1.807) is 36.4 Å². The minimum absolute atomic E-state index is 0.0632. The number of carbonyl (C=O) groups is 3. The van der Waals surface area contributed by atoms with Crippen molar-refractivity contribution in [3.05, 3.63) is 65.7 Å². The first-order valence-corrected chi connectivity index (χ1v) is 9.30. The molecule has 2 amide bonds. The molecule has 2 aromatic carbocycles. The molecule has 2 rings (SSSR count). The summed E-state index contributed by atoms with van der Waals surface area (Å²) in [5, 5.41) is 14.4. The average Bonchev–Trinajstić information content (AvgIpc) is 2.72. The van der Waals surface area contributed by atoms with Crippen LogP contribution in [-0.4, -0.2) is 35.7 Å². The summed E-state index contributed by atoms with van der Waals surface area (Å²) in [6.07, 6.45) is 0.497. The molecule has 0 aliphatic carbocycles. The minimum Gasteiger partial charge on any atom is -0.480 e. The number of carbonyl (C=O) groups excluding carboxylic acids is 2. The molecule has 0 saturated carbocycles. The van der Waals surface area contributed by atoms with Gasteiger partial charge < -0.3 is 26.2 Å². The van der Waals surface area contributed by atoms with Crippen LogP contribution in [0.3, 0.4) is 0 Å². The Morgan fingerprint density at radius 1 is 1.00 bits per heavy atom. The van der Waals surface area contributed by atoms with E-state index in [1.807, 2.05) is 18.2 Å². The summed E-state index contributed by atoms with van der Waals surface area (Å²) in [5.74, 6) is -1.41. The Morgan fingerprint density at radius 3 is 2.38 bits per heavy atom. The lowest BCUT2D eigenvalue weighted by Crippen LogP contribution is -2.41. The summed E-state index contributed by atoms with van der Waals surface area (Å²) in [4.78, 5) is 35.2. The number of nitrogens with one attached hydrogen (secondary N) is 2. The molecular formula is C21H25N3O5. The Morgan fingerprint density at radius 2 is 1.69 bits per heavy atom. The third-order valence-electron chi connectivity index (χ3n) is 4.21. The fourth-order valence-electron chi connectivity index (χ4n) is 2.64. The number of nitrogens with two attached hydrogens (primary N) is 1. The van der Waals surface area contributed by atoms with E-state index in [0.717, 1.165) is 5.56 Å². The van der Waals surface area contributed by atoms with E-state index in [2.05, 4.69) is 10.6 Å².